The highest BCUT2D eigenvalue weighted by Gasteiger charge is 2.41. The van der Waals surface area contributed by atoms with E-state index in [1.54, 1.807) is 0 Å². The average Bonchev–Trinajstić information content (AvgIpc) is 2.69. The van der Waals surface area contributed by atoms with Crippen LogP contribution in [0.25, 0.3) is 0 Å². The third-order valence-corrected chi connectivity index (χ3v) is 3.63. The van der Waals surface area contributed by atoms with Gasteiger partial charge in [0.2, 0.25) is 0 Å². The minimum absolute atomic E-state index is 0.306. The van der Waals surface area contributed by atoms with E-state index in [-0.39, 0.29) is 6.61 Å². The zero-order valence-corrected chi connectivity index (χ0v) is 11.1. The zero-order chi connectivity index (χ0) is 13.8. The number of hydrogen-bond donors (Lipinski definition) is 4. The molecule has 1 saturated heterocycles. The molecule has 1 aromatic rings. The molecule has 0 aliphatic carbocycles. The first-order valence-electron chi connectivity index (χ1n) is 6.20. The monoisotopic (exact) mass is 287 g/mol. The van der Waals surface area contributed by atoms with Crippen molar-refractivity contribution in [1.29, 1.82) is 0 Å². The fraction of sp³-hybridized carbons (Fsp3) is 0.538. The lowest BCUT2D eigenvalue weighted by atomic mass is 10.1. The molecule has 6 heteroatoms. The van der Waals surface area contributed by atoms with Gasteiger partial charge in [-0.05, 0) is 11.6 Å². The van der Waals surface area contributed by atoms with Crippen molar-refractivity contribution in [2.45, 2.75) is 31.0 Å². The molecule has 1 aromatic carbocycles. The summed E-state index contributed by atoms with van der Waals surface area (Å²) in [4.78, 5) is 0. The standard InChI is InChI=1S/C13H18ClNO4/c14-9-4-2-1-3-8(9)5-15-6-10-12(17)13(18)11(7-16)19-10/h1-4,10-13,15-18H,5-7H2/t10-,11-,12-,13-/m1/s1. The second-order valence-corrected chi connectivity index (χ2v) is 5.01. The minimum Gasteiger partial charge on any atom is -0.394 e. The Morgan fingerprint density at radius 3 is 2.47 bits per heavy atom. The molecule has 0 saturated carbocycles. The van der Waals surface area contributed by atoms with Crippen molar-refractivity contribution in [3.8, 4) is 0 Å². The minimum atomic E-state index is -1.04. The van der Waals surface area contributed by atoms with Gasteiger partial charge in [-0.15, -0.1) is 0 Å². The molecule has 1 aliphatic heterocycles. The molecule has 5 nitrogen and oxygen atoms in total. The van der Waals surface area contributed by atoms with Gasteiger partial charge in [0.25, 0.3) is 0 Å². The van der Waals surface area contributed by atoms with Gasteiger partial charge in [-0.1, -0.05) is 29.8 Å². The summed E-state index contributed by atoms with van der Waals surface area (Å²) in [7, 11) is 0. The third-order valence-electron chi connectivity index (χ3n) is 3.26. The Kier molecular flexibility index (Phi) is 5.15. The molecule has 0 bridgehead atoms. The highest BCUT2D eigenvalue weighted by molar-refractivity contribution is 6.31. The van der Waals surface area contributed by atoms with Crippen LogP contribution in [-0.4, -0.2) is 52.9 Å². The van der Waals surface area contributed by atoms with E-state index >= 15 is 0 Å². The second kappa shape index (κ2) is 6.65. The lowest BCUT2D eigenvalue weighted by Gasteiger charge is -2.15. The van der Waals surface area contributed by atoms with Crippen molar-refractivity contribution in [1.82, 2.24) is 5.32 Å². The summed E-state index contributed by atoms with van der Waals surface area (Å²) < 4.78 is 5.36. The first-order valence-corrected chi connectivity index (χ1v) is 6.58. The van der Waals surface area contributed by atoms with E-state index in [0.29, 0.717) is 18.1 Å². The molecule has 0 amide bonds. The fourth-order valence-corrected chi connectivity index (χ4v) is 2.34. The lowest BCUT2D eigenvalue weighted by molar-refractivity contribution is -0.0213. The number of halogens is 1. The van der Waals surface area contributed by atoms with Crippen LogP contribution >= 0.6 is 11.6 Å². The van der Waals surface area contributed by atoms with Gasteiger partial charge in [0, 0.05) is 18.1 Å². The molecular formula is C13H18ClNO4. The van der Waals surface area contributed by atoms with E-state index in [0.717, 1.165) is 5.56 Å². The molecule has 2 rings (SSSR count). The summed E-state index contributed by atoms with van der Waals surface area (Å²) in [5, 5.41) is 32.1. The molecule has 19 heavy (non-hydrogen) atoms. The quantitative estimate of drug-likeness (QED) is 0.609. The predicted octanol–water partition coefficient (Wildman–Crippen LogP) is -0.0889. The molecule has 4 N–H and O–H groups in total. The van der Waals surface area contributed by atoms with Gasteiger partial charge in [-0.3, -0.25) is 0 Å². The van der Waals surface area contributed by atoms with Gasteiger partial charge >= 0.3 is 0 Å². The zero-order valence-electron chi connectivity index (χ0n) is 10.4. The normalized spacial score (nSPS) is 30.7. The van der Waals surface area contributed by atoms with E-state index in [2.05, 4.69) is 5.32 Å². The lowest BCUT2D eigenvalue weighted by Crippen LogP contribution is -2.38. The first-order chi connectivity index (χ1) is 9.13. The number of benzene rings is 1. The van der Waals surface area contributed by atoms with Gasteiger partial charge in [0.15, 0.2) is 0 Å². The van der Waals surface area contributed by atoms with Crippen LogP contribution in [0, 0.1) is 0 Å². The van der Waals surface area contributed by atoms with Crippen LogP contribution in [0.5, 0.6) is 0 Å². The van der Waals surface area contributed by atoms with Crippen LogP contribution in [0.1, 0.15) is 5.56 Å². The summed E-state index contributed by atoms with van der Waals surface area (Å²) in [5.41, 5.74) is 0.955. The highest BCUT2D eigenvalue weighted by Crippen LogP contribution is 2.21. The molecule has 1 fully saturated rings. The van der Waals surface area contributed by atoms with Crippen molar-refractivity contribution in [2.24, 2.45) is 0 Å². The molecule has 0 spiro atoms. The second-order valence-electron chi connectivity index (χ2n) is 4.60. The van der Waals surface area contributed by atoms with E-state index in [1.165, 1.54) is 0 Å². The maximum atomic E-state index is 9.76. The van der Waals surface area contributed by atoms with Gasteiger partial charge in [-0.25, -0.2) is 0 Å². The summed E-state index contributed by atoms with van der Waals surface area (Å²) in [6.07, 6.45) is -3.29. The van der Waals surface area contributed by atoms with E-state index in [9.17, 15) is 10.2 Å². The molecule has 1 aliphatic rings. The average molecular weight is 288 g/mol. The summed E-state index contributed by atoms with van der Waals surface area (Å²) in [6, 6.07) is 7.48. The van der Waals surface area contributed by atoms with Crippen LogP contribution in [0.15, 0.2) is 24.3 Å². The van der Waals surface area contributed by atoms with E-state index in [1.807, 2.05) is 24.3 Å². The Balaban J connectivity index is 1.82. The Labute approximate surface area is 116 Å². The topological polar surface area (TPSA) is 82.0 Å². The van der Waals surface area contributed by atoms with Crippen LogP contribution in [0.3, 0.4) is 0 Å². The number of aliphatic hydroxyl groups excluding tert-OH is 3. The Hall–Kier alpha value is -0.690. The molecule has 106 valence electrons. The molecule has 0 unspecified atom stereocenters. The fourth-order valence-electron chi connectivity index (χ4n) is 2.14. The number of nitrogens with one attached hydrogen (secondary N) is 1. The third kappa shape index (κ3) is 3.45. The van der Waals surface area contributed by atoms with Crippen LogP contribution < -0.4 is 5.32 Å². The van der Waals surface area contributed by atoms with Crippen molar-refractivity contribution in [2.75, 3.05) is 13.2 Å². The van der Waals surface area contributed by atoms with E-state index < -0.39 is 24.4 Å². The SMILES string of the molecule is OC[C@H]1O[C@H](CNCc2ccccc2Cl)[C@@H](O)[C@@H]1O. The molecule has 4 atom stereocenters. The van der Waals surface area contributed by atoms with E-state index in [4.69, 9.17) is 21.4 Å². The Morgan fingerprint density at radius 1 is 1.16 bits per heavy atom. The maximum Gasteiger partial charge on any atom is 0.111 e. The smallest absolute Gasteiger partial charge is 0.111 e. The number of hydrogen-bond acceptors (Lipinski definition) is 5. The van der Waals surface area contributed by atoms with Crippen molar-refractivity contribution in [3.63, 3.8) is 0 Å². The van der Waals surface area contributed by atoms with Crippen molar-refractivity contribution in [3.05, 3.63) is 34.9 Å². The van der Waals surface area contributed by atoms with Crippen molar-refractivity contribution >= 4 is 11.6 Å². The molecule has 0 radical (unpaired) electrons. The van der Waals surface area contributed by atoms with Crippen LogP contribution in [0.2, 0.25) is 5.02 Å². The summed E-state index contributed by atoms with van der Waals surface area (Å²) in [5.74, 6) is 0. The highest BCUT2D eigenvalue weighted by atomic mass is 35.5. The molecule has 1 heterocycles. The largest absolute Gasteiger partial charge is 0.394 e. The van der Waals surface area contributed by atoms with Crippen LogP contribution in [-0.2, 0) is 11.3 Å². The number of aliphatic hydroxyl groups is 3. The van der Waals surface area contributed by atoms with Gasteiger partial charge in [0.1, 0.15) is 18.3 Å². The van der Waals surface area contributed by atoms with Crippen molar-refractivity contribution < 1.29 is 20.1 Å². The molecule has 0 aromatic heterocycles. The maximum absolute atomic E-state index is 9.76. The first kappa shape index (κ1) is 14.7. The summed E-state index contributed by atoms with van der Waals surface area (Å²) >= 11 is 6.02. The Bertz CT molecular complexity index is 417. The summed E-state index contributed by atoms with van der Waals surface area (Å²) in [6.45, 7) is 0.616. The predicted molar refractivity (Wildman–Crippen MR) is 70.9 cm³/mol. The van der Waals surface area contributed by atoms with Gasteiger partial charge in [-0.2, -0.15) is 0 Å². The number of ether oxygens (including phenoxy) is 1. The van der Waals surface area contributed by atoms with Gasteiger partial charge in [0.05, 0.1) is 12.7 Å². The number of rotatable bonds is 5. The van der Waals surface area contributed by atoms with Crippen LogP contribution in [0.4, 0.5) is 0 Å². The molecular weight excluding hydrogens is 270 g/mol. The van der Waals surface area contributed by atoms with Gasteiger partial charge < -0.3 is 25.4 Å². The Morgan fingerprint density at radius 2 is 1.84 bits per heavy atom.